The Morgan fingerprint density at radius 3 is 2.46 bits per heavy atom. The van der Waals surface area contributed by atoms with Crippen molar-refractivity contribution in [3.05, 3.63) is 35.7 Å². The monoisotopic (exact) mass is 378 g/mol. The number of sulfonamides is 1. The maximum absolute atomic E-state index is 12.1. The highest BCUT2D eigenvalue weighted by Crippen LogP contribution is 2.42. The van der Waals surface area contributed by atoms with Crippen LogP contribution in [0.4, 0.5) is 11.4 Å². The van der Waals surface area contributed by atoms with E-state index in [4.69, 9.17) is 9.47 Å². The molecule has 1 atom stereocenters. The molecular weight excluding hydrogens is 360 g/mol. The van der Waals surface area contributed by atoms with Crippen molar-refractivity contribution in [1.82, 2.24) is 9.97 Å². The summed E-state index contributed by atoms with van der Waals surface area (Å²) >= 11 is 0. The Bertz CT molecular complexity index is 944. The van der Waals surface area contributed by atoms with E-state index in [1.54, 1.807) is 24.5 Å². The molecule has 2 N–H and O–H groups in total. The van der Waals surface area contributed by atoms with E-state index in [1.807, 2.05) is 0 Å². The number of anilines is 2. The fourth-order valence-electron chi connectivity index (χ4n) is 2.85. The molecule has 138 valence electrons. The topological polar surface area (TPSA) is 120 Å². The highest BCUT2D eigenvalue weighted by molar-refractivity contribution is 7.92. The predicted octanol–water partition coefficient (Wildman–Crippen LogP) is 1.34. The molecule has 0 radical (unpaired) electrons. The van der Waals surface area contributed by atoms with Gasteiger partial charge in [-0.2, -0.15) is 0 Å². The lowest BCUT2D eigenvalue weighted by molar-refractivity contribution is -0.116. The maximum Gasteiger partial charge on any atom is 0.316 e. The molecule has 2 heterocycles. The number of carbonyl (C=O) groups is 1. The van der Waals surface area contributed by atoms with Crippen molar-refractivity contribution >= 4 is 27.3 Å². The van der Waals surface area contributed by atoms with Gasteiger partial charge >= 0.3 is 6.01 Å². The van der Waals surface area contributed by atoms with E-state index < -0.39 is 10.0 Å². The van der Waals surface area contributed by atoms with E-state index in [-0.39, 0.29) is 29.9 Å². The maximum atomic E-state index is 12.1. The molecule has 1 aliphatic rings. The number of hydrogen-bond donors (Lipinski definition) is 2. The normalized spacial score (nSPS) is 16.4. The number of benzene rings is 1. The Hall–Kier alpha value is -2.88. The fourth-order valence-corrected chi connectivity index (χ4v) is 3.40. The summed E-state index contributed by atoms with van der Waals surface area (Å²) in [6.45, 7) is 0. The first kappa shape index (κ1) is 17.9. The summed E-state index contributed by atoms with van der Waals surface area (Å²) < 4.78 is 35.8. The number of hydrogen-bond acceptors (Lipinski definition) is 7. The van der Waals surface area contributed by atoms with Gasteiger partial charge in [-0.1, -0.05) is 0 Å². The van der Waals surface area contributed by atoms with Crippen LogP contribution in [-0.2, 0) is 14.8 Å². The summed E-state index contributed by atoms with van der Waals surface area (Å²) in [5.74, 6) is -0.121. The molecule has 3 rings (SSSR count). The van der Waals surface area contributed by atoms with Gasteiger partial charge in [0.25, 0.3) is 0 Å². The van der Waals surface area contributed by atoms with E-state index in [9.17, 15) is 13.2 Å². The number of ether oxygens (including phenoxy) is 2. The van der Waals surface area contributed by atoms with Crippen LogP contribution in [0.15, 0.2) is 24.5 Å². The van der Waals surface area contributed by atoms with Gasteiger partial charge in [0.05, 0.1) is 26.2 Å². The zero-order valence-corrected chi connectivity index (χ0v) is 15.3. The number of carbonyl (C=O) groups excluding carboxylic acids is 1. The van der Waals surface area contributed by atoms with Gasteiger partial charge in [0.2, 0.25) is 15.9 Å². The number of fused-ring (bicyclic) bond motifs is 1. The van der Waals surface area contributed by atoms with Crippen molar-refractivity contribution in [3.8, 4) is 11.8 Å². The van der Waals surface area contributed by atoms with Gasteiger partial charge in [0.1, 0.15) is 5.75 Å². The smallest absolute Gasteiger partial charge is 0.316 e. The first-order chi connectivity index (χ1) is 12.3. The predicted molar refractivity (Wildman–Crippen MR) is 95.1 cm³/mol. The van der Waals surface area contributed by atoms with E-state index in [1.165, 1.54) is 14.2 Å². The quantitative estimate of drug-likeness (QED) is 0.805. The van der Waals surface area contributed by atoms with Crippen LogP contribution < -0.4 is 19.5 Å². The lowest BCUT2D eigenvalue weighted by Gasteiger charge is -2.27. The SMILES string of the molecule is COc1ncc(C2CC(=O)Nc3cc(NS(C)(=O)=O)c(OC)cc32)cn1. The average molecular weight is 378 g/mol. The Morgan fingerprint density at radius 1 is 1.19 bits per heavy atom. The minimum absolute atomic E-state index is 0.186. The molecule has 10 heteroatoms. The molecule has 2 aromatic rings. The molecule has 1 amide bonds. The van der Waals surface area contributed by atoms with Gasteiger partial charge in [-0.05, 0) is 23.3 Å². The molecule has 0 saturated heterocycles. The minimum Gasteiger partial charge on any atom is -0.495 e. The Kier molecular flexibility index (Phi) is 4.68. The van der Waals surface area contributed by atoms with Crippen molar-refractivity contribution in [1.29, 1.82) is 0 Å². The summed E-state index contributed by atoms with van der Waals surface area (Å²) in [4.78, 5) is 20.3. The number of amides is 1. The third kappa shape index (κ3) is 3.69. The van der Waals surface area contributed by atoms with Crippen LogP contribution in [0.2, 0.25) is 0 Å². The van der Waals surface area contributed by atoms with Crippen molar-refractivity contribution in [2.45, 2.75) is 12.3 Å². The second-order valence-corrected chi connectivity index (χ2v) is 7.57. The Labute approximate surface area is 150 Å². The summed E-state index contributed by atoms with van der Waals surface area (Å²) in [6, 6.07) is 3.49. The highest BCUT2D eigenvalue weighted by atomic mass is 32.2. The van der Waals surface area contributed by atoms with Crippen molar-refractivity contribution in [2.75, 3.05) is 30.5 Å². The average Bonchev–Trinajstić information content (AvgIpc) is 2.59. The van der Waals surface area contributed by atoms with Crippen LogP contribution in [0.25, 0.3) is 0 Å². The molecule has 0 fully saturated rings. The second-order valence-electron chi connectivity index (χ2n) is 5.82. The van der Waals surface area contributed by atoms with Gasteiger partial charge in [-0.15, -0.1) is 0 Å². The van der Waals surface area contributed by atoms with E-state index in [2.05, 4.69) is 20.0 Å². The summed E-state index contributed by atoms with van der Waals surface area (Å²) in [5.41, 5.74) is 2.29. The zero-order valence-electron chi connectivity index (χ0n) is 14.4. The third-order valence-corrected chi connectivity index (χ3v) is 4.53. The minimum atomic E-state index is -3.50. The van der Waals surface area contributed by atoms with Crippen molar-refractivity contribution in [2.24, 2.45) is 0 Å². The largest absolute Gasteiger partial charge is 0.495 e. The number of rotatable bonds is 5. The van der Waals surface area contributed by atoms with Gasteiger partial charge in [-0.3, -0.25) is 9.52 Å². The van der Waals surface area contributed by atoms with Crippen LogP contribution in [-0.4, -0.2) is 44.8 Å². The third-order valence-electron chi connectivity index (χ3n) is 3.94. The number of aromatic nitrogens is 2. The molecule has 0 aliphatic carbocycles. The first-order valence-corrected chi connectivity index (χ1v) is 9.55. The number of methoxy groups -OCH3 is 2. The molecule has 1 aromatic heterocycles. The first-order valence-electron chi connectivity index (χ1n) is 7.66. The molecule has 1 aromatic carbocycles. The van der Waals surface area contributed by atoms with E-state index in [0.717, 1.165) is 17.4 Å². The van der Waals surface area contributed by atoms with Gasteiger partial charge < -0.3 is 14.8 Å². The molecule has 0 saturated carbocycles. The zero-order chi connectivity index (χ0) is 18.9. The van der Waals surface area contributed by atoms with Gasteiger partial charge in [0, 0.05) is 30.4 Å². The Balaban J connectivity index is 2.08. The summed E-state index contributed by atoms with van der Waals surface area (Å²) in [6.07, 6.45) is 4.47. The van der Waals surface area contributed by atoms with Crippen molar-refractivity contribution in [3.63, 3.8) is 0 Å². The Morgan fingerprint density at radius 2 is 1.88 bits per heavy atom. The number of nitrogens with one attached hydrogen (secondary N) is 2. The highest BCUT2D eigenvalue weighted by Gasteiger charge is 2.29. The molecule has 0 bridgehead atoms. The van der Waals surface area contributed by atoms with E-state index >= 15 is 0 Å². The lowest BCUT2D eigenvalue weighted by Crippen LogP contribution is -2.24. The van der Waals surface area contributed by atoms with E-state index in [0.29, 0.717) is 11.4 Å². The summed E-state index contributed by atoms with van der Waals surface area (Å²) in [5, 5.41) is 2.76. The van der Waals surface area contributed by atoms with Crippen LogP contribution in [0, 0.1) is 0 Å². The van der Waals surface area contributed by atoms with Gasteiger partial charge in [0.15, 0.2) is 0 Å². The van der Waals surface area contributed by atoms with Crippen molar-refractivity contribution < 1.29 is 22.7 Å². The van der Waals surface area contributed by atoms with Crippen LogP contribution in [0.1, 0.15) is 23.5 Å². The standard InChI is InChI=1S/C16H18N4O5S/c1-24-14-4-11-10(9-7-17-16(25-2)18-8-9)5-15(21)19-12(11)6-13(14)20-26(3,22)23/h4,6-8,10,20H,5H2,1-3H3,(H,19,21). The molecule has 26 heavy (non-hydrogen) atoms. The van der Waals surface area contributed by atoms with Crippen LogP contribution in [0.3, 0.4) is 0 Å². The molecule has 9 nitrogen and oxygen atoms in total. The van der Waals surface area contributed by atoms with Crippen LogP contribution >= 0.6 is 0 Å². The molecule has 0 spiro atoms. The summed E-state index contributed by atoms with van der Waals surface area (Å²) in [7, 11) is -0.582. The molecule has 1 unspecified atom stereocenters. The molecular formula is C16H18N4O5S. The second kappa shape index (κ2) is 6.79. The number of nitrogens with zero attached hydrogens (tertiary/aromatic N) is 2. The van der Waals surface area contributed by atoms with Crippen LogP contribution in [0.5, 0.6) is 11.8 Å². The van der Waals surface area contributed by atoms with Gasteiger partial charge in [-0.25, -0.2) is 18.4 Å². The molecule has 1 aliphatic heterocycles. The fraction of sp³-hybridized carbons (Fsp3) is 0.312. The lowest BCUT2D eigenvalue weighted by atomic mass is 9.86.